The summed E-state index contributed by atoms with van der Waals surface area (Å²) in [6.07, 6.45) is 68.3. The number of carbonyl (C=O) groups excluding carboxylic acids is 2. The first-order valence-electron chi connectivity index (χ1n) is 36.1. The number of rotatable bonds is 62. The second kappa shape index (κ2) is 61.6. The van der Waals surface area contributed by atoms with Crippen molar-refractivity contribution >= 4 is 11.9 Å². The fourth-order valence-corrected chi connectivity index (χ4v) is 11.2. The van der Waals surface area contributed by atoms with Gasteiger partial charge in [-0.1, -0.05) is 319 Å². The summed E-state index contributed by atoms with van der Waals surface area (Å²) >= 11 is 0. The van der Waals surface area contributed by atoms with Crippen LogP contribution in [0.5, 0.6) is 0 Å². The fraction of sp³-hybridized carbons (Fsp3) is 0.838. The number of hydrogen-bond acceptors (Lipinski definition) is 10. The van der Waals surface area contributed by atoms with E-state index in [1.807, 2.05) is 6.08 Å². The summed E-state index contributed by atoms with van der Waals surface area (Å²) in [6.45, 7) is 5.81. The minimum absolute atomic E-state index is 0.120. The van der Waals surface area contributed by atoms with Crippen LogP contribution in [0.15, 0.2) is 60.8 Å². The molecule has 6 N–H and O–H groups in total. The number of allylic oxidation sites excluding steroid dienone is 9. The van der Waals surface area contributed by atoms with E-state index in [0.717, 1.165) is 83.5 Å². The molecule has 1 aliphatic heterocycles. The molecule has 0 aromatic rings. The van der Waals surface area contributed by atoms with E-state index in [2.05, 4.69) is 74.7 Å². The fourth-order valence-electron chi connectivity index (χ4n) is 11.2. The van der Waals surface area contributed by atoms with E-state index in [9.17, 15) is 35.1 Å². The van der Waals surface area contributed by atoms with Crippen LogP contribution in [0.4, 0.5) is 0 Å². The third-order valence-electron chi connectivity index (χ3n) is 16.9. The zero-order chi connectivity index (χ0) is 61.7. The lowest BCUT2D eigenvalue weighted by molar-refractivity contribution is -0.305. The van der Waals surface area contributed by atoms with Crippen LogP contribution in [0.2, 0.25) is 0 Å². The van der Waals surface area contributed by atoms with Gasteiger partial charge in [-0.25, -0.2) is 0 Å². The number of esters is 1. The molecule has 0 radical (unpaired) electrons. The summed E-state index contributed by atoms with van der Waals surface area (Å²) in [5, 5.41) is 57.3. The van der Waals surface area contributed by atoms with Gasteiger partial charge < -0.3 is 45.1 Å². The molecular weight excluding hydrogens is 1060 g/mol. The highest BCUT2D eigenvalue weighted by molar-refractivity contribution is 5.80. The largest absolute Gasteiger partial charge is 0.454 e. The smallest absolute Gasteiger partial charge is 0.306 e. The van der Waals surface area contributed by atoms with Gasteiger partial charge in [0, 0.05) is 6.42 Å². The zero-order valence-electron chi connectivity index (χ0n) is 55.2. The molecule has 1 aliphatic rings. The lowest BCUT2D eigenvalue weighted by atomic mass is 9.99. The molecule has 0 spiro atoms. The second-order valence-electron chi connectivity index (χ2n) is 25.0. The van der Waals surface area contributed by atoms with Crippen molar-refractivity contribution < 1.29 is 49.3 Å². The minimum Gasteiger partial charge on any atom is -0.454 e. The van der Waals surface area contributed by atoms with Gasteiger partial charge in [-0.3, -0.25) is 9.59 Å². The van der Waals surface area contributed by atoms with Crippen LogP contribution in [0.3, 0.4) is 0 Å². The van der Waals surface area contributed by atoms with Crippen molar-refractivity contribution in [2.75, 3.05) is 13.2 Å². The molecule has 8 atom stereocenters. The summed E-state index contributed by atoms with van der Waals surface area (Å²) in [5.74, 6) is -1.19. The summed E-state index contributed by atoms with van der Waals surface area (Å²) < 4.78 is 17.7. The van der Waals surface area contributed by atoms with Crippen LogP contribution in [0.25, 0.3) is 0 Å². The third-order valence-corrected chi connectivity index (χ3v) is 16.9. The van der Waals surface area contributed by atoms with Crippen LogP contribution >= 0.6 is 0 Å². The highest BCUT2D eigenvalue weighted by Crippen LogP contribution is 2.26. The first-order valence-corrected chi connectivity index (χ1v) is 36.1. The van der Waals surface area contributed by atoms with Gasteiger partial charge in [-0.2, -0.15) is 0 Å². The summed E-state index contributed by atoms with van der Waals surface area (Å²) in [4.78, 5) is 26.7. The number of unbranched alkanes of at least 4 members (excludes halogenated alkanes) is 40. The number of carbonyl (C=O) groups is 2. The molecule has 8 unspecified atom stereocenters. The molecule has 11 heteroatoms. The predicted octanol–water partition coefficient (Wildman–Crippen LogP) is 18.5. The van der Waals surface area contributed by atoms with Crippen molar-refractivity contribution in [3.63, 3.8) is 0 Å². The van der Waals surface area contributed by atoms with E-state index >= 15 is 0 Å². The number of aliphatic hydroxyl groups is 5. The molecule has 11 nitrogen and oxygen atoms in total. The van der Waals surface area contributed by atoms with Gasteiger partial charge in [-0.05, 0) is 70.6 Å². The Morgan fingerprint density at radius 1 is 0.459 bits per heavy atom. The topological polar surface area (TPSA) is 175 Å². The molecule has 1 saturated heterocycles. The molecule has 85 heavy (non-hydrogen) atoms. The van der Waals surface area contributed by atoms with E-state index in [-0.39, 0.29) is 13.0 Å². The van der Waals surface area contributed by atoms with Crippen LogP contribution < -0.4 is 5.32 Å². The van der Waals surface area contributed by atoms with E-state index in [1.165, 1.54) is 205 Å². The lowest BCUT2D eigenvalue weighted by Crippen LogP contribution is -2.61. The third kappa shape index (κ3) is 48.9. The quantitative estimate of drug-likeness (QED) is 0.0195. The number of ether oxygens (including phenoxy) is 3. The van der Waals surface area contributed by atoms with Gasteiger partial charge in [0.15, 0.2) is 12.4 Å². The Kier molecular flexibility index (Phi) is 58.2. The maximum atomic E-state index is 13.5. The maximum Gasteiger partial charge on any atom is 0.306 e. The van der Waals surface area contributed by atoms with Crippen molar-refractivity contribution in [2.24, 2.45) is 0 Å². The average molecular weight is 1200 g/mol. The molecule has 0 aliphatic carbocycles. The molecule has 0 aromatic carbocycles. The Morgan fingerprint density at radius 2 is 0.812 bits per heavy atom. The molecule has 1 fully saturated rings. The van der Waals surface area contributed by atoms with Crippen molar-refractivity contribution in [3.05, 3.63) is 60.8 Å². The average Bonchev–Trinajstić information content (AvgIpc) is 2.50. The Hall–Kier alpha value is -2.64. The van der Waals surface area contributed by atoms with E-state index in [4.69, 9.17) is 14.2 Å². The van der Waals surface area contributed by atoms with E-state index < -0.39 is 67.4 Å². The Bertz CT molecular complexity index is 1620. The van der Waals surface area contributed by atoms with Crippen LogP contribution in [-0.2, 0) is 23.8 Å². The van der Waals surface area contributed by atoms with Crippen LogP contribution in [0, 0.1) is 0 Å². The van der Waals surface area contributed by atoms with Gasteiger partial charge in [-0.15, -0.1) is 0 Å². The van der Waals surface area contributed by atoms with Crippen molar-refractivity contribution in [3.8, 4) is 0 Å². The Balaban J connectivity index is 2.56. The normalized spacial score (nSPS) is 18.7. The monoisotopic (exact) mass is 1200 g/mol. The molecular formula is C74H135NO10. The number of amides is 1. The lowest BCUT2D eigenvalue weighted by Gasteiger charge is -2.41. The van der Waals surface area contributed by atoms with Gasteiger partial charge in [0.25, 0.3) is 0 Å². The maximum absolute atomic E-state index is 13.5. The highest BCUT2D eigenvalue weighted by atomic mass is 16.7. The van der Waals surface area contributed by atoms with E-state index in [0.29, 0.717) is 19.3 Å². The summed E-state index contributed by atoms with van der Waals surface area (Å²) in [7, 11) is 0. The molecule has 0 saturated carbocycles. The number of aliphatic hydroxyl groups excluding tert-OH is 5. The molecule has 1 rings (SSSR count). The Morgan fingerprint density at radius 3 is 1.24 bits per heavy atom. The van der Waals surface area contributed by atoms with Crippen LogP contribution in [-0.4, -0.2) is 99.6 Å². The number of nitrogens with one attached hydrogen (secondary N) is 1. The van der Waals surface area contributed by atoms with Crippen molar-refractivity contribution in [1.29, 1.82) is 0 Å². The van der Waals surface area contributed by atoms with Gasteiger partial charge >= 0.3 is 5.97 Å². The molecule has 496 valence electrons. The molecule has 0 aromatic heterocycles. The predicted molar refractivity (Wildman–Crippen MR) is 356 cm³/mol. The second-order valence-corrected chi connectivity index (χ2v) is 25.0. The van der Waals surface area contributed by atoms with Crippen molar-refractivity contribution in [1.82, 2.24) is 5.32 Å². The Labute approximate surface area is 522 Å². The highest BCUT2D eigenvalue weighted by Gasteiger charge is 2.47. The summed E-state index contributed by atoms with van der Waals surface area (Å²) in [6, 6.07) is -1.02. The molecule has 1 heterocycles. The molecule has 1 amide bonds. The standard InChI is InChI=1S/C74H135NO10/c1-4-7-10-13-16-19-22-25-27-29-30-31-32-33-34-35-36-37-38-39-41-44-47-50-53-56-59-62-69(79)85-72-71(81)70(80)68(63-76)84-74(72)83-64-65(66(77)60-57-54-51-48-45-42-24-21-18-15-12-9-6-3)75-73(82)67(78)61-58-55-52-49-46-43-40-28-26-23-20-17-14-11-8-5-2/h16,19,25,27,30-31,33-34,57,60,65-68,70-72,74,76-78,80-81H,4-15,17-18,20-24,26,28-29,32,35-56,58-59,61-64H2,1-3H3,(H,75,82)/b19-16-,27-25-,31-30-,34-33-,60-57+. The first-order chi connectivity index (χ1) is 41.7. The van der Waals surface area contributed by atoms with Gasteiger partial charge in [0.05, 0.1) is 25.4 Å². The zero-order valence-corrected chi connectivity index (χ0v) is 55.2. The van der Waals surface area contributed by atoms with Crippen LogP contribution in [0.1, 0.15) is 335 Å². The van der Waals surface area contributed by atoms with Gasteiger partial charge in [0.2, 0.25) is 5.91 Å². The van der Waals surface area contributed by atoms with E-state index in [1.54, 1.807) is 6.08 Å². The first kappa shape index (κ1) is 80.4. The van der Waals surface area contributed by atoms with Crippen molar-refractivity contribution in [2.45, 2.75) is 384 Å². The number of hydrogen-bond donors (Lipinski definition) is 6. The minimum atomic E-state index is -1.62. The molecule has 0 bridgehead atoms. The van der Waals surface area contributed by atoms with Gasteiger partial charge in [0.1, 0.15) is 24.4 Å². The summed E-state index contributed by atoms with van der Waals surface area (Å²) in [5.41, 5.74) is 0. The SMILES string of the molecule is CCCCC/C=C\C/C=C\C/C=C\C/C=C\CCCCCCCCCCCCCC(=O)OC1C(OCC(NC(=O)C(O)CCCCCCCCCCCCCCCCCC)C(O)/C=C/CCCCCCCCCCCCC)OC(CO)C(O)C1O.